The van der Waals surface area contributed by atoms with Crippen molar-refractivity contribution in [3.05, 3.63) is 118 Å². The van der Waals surface area contributed by atoms with Crippen molar-refractivity contribution in [1.82, 2.24) is 0 Å². The summed E-state index contributed by atoms with van der Waals surface area (Å²) in [6, 6.07) is 34.6. The van der Waals surface area contributed by atoms with Crippen molar-refractivity contribution >= 4 is 62.9 Å². The third-order valence-electron chi connectivity index (χ3n) is 18.6. The first-order chi connectivity index (χ1) is 28.8. The van der Waals surface area contributed by atoms with Crippen LogP contribution in [-0.4, -0.2) is 17.8 Å². The molecule has 0 N–H and O–H groups in total. The van der Waals surface area contributed by atoms with E-state index in [1.54, 1.807) is 27.5 Å². The first kappa shape index (κ1) is 38.3. The standard InChI is InChI=1S/C57H66BN3/c1-51(2,3)35-29-40-49-42(31-35)58-43-32-36(52(4,5)6)30-41-50(43)61(57(12)28-20-18-26-55(41,57)10)47-34-37(33-46(48(47)58)60(49)56(11)27-19-17-25-54(40,56)9)59-44-23-15-13-21-38(44)53(7,8)39-22-14-16-24-45(39)59/h13-16,21-24,29-34H,17-20,25-28H2,1-12H3. The van der Waals surface area contributed by atoms with E-state index < -0.39 is 0 Å². The van der Waals surface area contributed by atoms with Gasteiger partial charge in [-0.2, -0.15) is 0 Å². The Hall–Kier alpha value is -4.44. The minimum atomic E-state index is -0.118. The average Bonchev–Trinajstić information content (AvgIpc) is 3.56. The van der Waals surface area contributed by atoms with Crippen LogP contribution in [0.1, 0.15) is 168 Å². The van der Waals surface area contributed by atoms with E-state index in [1.807, 2.05) is 0 Å². The van der Waals surface area contributed by atoms with Crippen molar-refractivity contribution in [2.75, 3.05) is 14.7 Å². The molecule has 4 unspecified atom stereocenters. The van der Waals surface area contributed by atoms with Gasteiger partial charge < -0.3 is 14.7 Å². The minimum Gasteiger partial charge on any atom is -0.335 e. The molecule has 12 rings (SSSR count). The predicted molar refractivity (Wildman–Crippen MR) is 261 cm³/mol. The maximum Gasteiger partial charge on any atom is 0.252 e. The lowest BCUT2D eigenvalue weighted by Crippen LogP contribution is -2.66. The van der Waals surface area contributed by atoms with E-state index in [0.29, 0.717) is 0 Å². The normalized spacial score (nSPS) is 28.4. The summed E-state index contributed by atoms with van der Waals surface area (Å²) in [6.45, 7) is 30.2. The monoisotopic (exact) mass is 804 g/mol. The molecule has 312 valence electrons. The molecule has 7 aliphatic rings. The molecule has 2 fully saturated rings. The molecular formula is C57H66BN3. The molecule has 5 aliphatic heterocycles. The van der Waals surface area contributed by atoms with Crippen LogP contribution in [0.25, 0.3) is 0 Å². The molecule has 5 heterocycles. The second-order valence-corrected chi connectivity index (χ2v) is 24.0. The molecule has 5 aromatic rings. The molecule has 0 radical (unpaired) electrons. The van der Waals surface area contributed by atoms with Gasteiger partial charge in [-0.15, -0.1) is 0 Å². The molecule has 0 spiro atoms. The first-order valence-electron chi connectivity index (χ1n) is 23.9. The highest BCUT2D eigenvalue weighted by molar-refractivity contribution is 7.00. The van der Waals surface area contributed by atoms with Crippen molar-refractivity contribution in [2.45, 2.75) is 173 Å². The van der Waals surface area contributed by atoms with Crippen molar-refractivity contribution in [2.24, 2.45) is 0 Å². The summed E-state index contributed by atoms with van der Waals surface area (Å²) in [5, 5.41) is 0. The number of hydrogen-bond donors (Lipinski definition) is 0. The Kier molecular flexibility index (Phi) is 7.26. The quantitative estimate of drug-likeness (QED) is 0.156. The lowest BCUT2D eigenvalue weighted by atomic mass is 9.33. The Morgan fingerprint density at radius 3 is 1.31 bits per heavy atom. The van der Waals surface area contributed by atoms with E-state index >= 15 is 0 Å². The smallest absolute Gasteiger partial charge is 0.252 e. The Morgan fingerprint density at radius 1 is 0.475 bits per heavy atom. The lowest BCUT2D eigenvalue weighted by molar-refractivity contribution is 0.194. The molecular weight excluding hydrogens is 737 g/mol. The summed E-state index contributed by atoms with van der Waals surface area (Å²) in [7, 11) is 0. The SMILES string of the molecule is CC(C)(C)c1cc2c3c(c1)C1(C)CCCCC1(C)N3c1cc(N3c4ccccc4C(C)(C)c4ccccc43)cc3c1B2c1cc(C(C)(C)C)cc2c1N3C1(C)CCCCC21C. The van der Waals surface area contributed by atoms with Crippen LogP contribution >= 0.6 is 0 Å². The van der Waals surface area contributed by atoms with Gasteiger partial charge in [-0.1, -0.05) is 156 Å². The predicted octanol–water partition coefficient (Wildman–Crippen LogP) is 13.0. The van der Waals surface area contributed by atoms with Crippen LogP contribution in [0.2, 0.25) is 0 Å². The zero-order valence-corrected chi connectivity index (χ0v) is 39.2. The minimum absolute atomic E-state index is 0.0297. The average molecular weight is 804 g/mol. The third-order valence-corrected chi connectivity index (χ3v) is 18.6. The van der Waals surface area contributed by atoms with Crippen molar-refractivity contribution in [3.63, 3.8) is 0 Å². The van der Waals surface area contributed by atoms with Crippen LogP contribution in [0.4, 0.5) is 39.8 Å². The van der Waals surface area contributed by atoms with Crippen LogP contribution in [0.5, 0.6) is 0 Å². The molecule has 3 nitrogen and oxygen atoms in total. The van der Waals surface area contributed by atoms with E-state index in [0.717, 1.165) is 0 Å². The van der Waals surface area contributed by atoms with Crippen LogP contribution in [0.15, 0.2) is 84.9 Å². The molecule has 0 amide bonds. The van der Waals surface area contributed by atoms with Crippen molar-refractivity contribution in [1.29, 1.82) is 0 Å². The number of anilines is 7. The Labute approximate surface area is 367 Å². The Bertz CT molecular complexity index is 2580. The third kappa shape index (κ3) is 4.44. The summed E-state index contributed by atoms with van der Waals surface area (Å²) in [5.74, 6) is 0. The summed E-state index contributed by atoms with van der Waals surface area (Å²) in [4.78, 5) is 8.58. The van der Waals surface area contributed by atoms with Crippen LogP contribution in [0, 0.1) is 0 Å². The van der Waals surface area contributed by atoms with E-state index in [1.165, 1.54) is 113 Å². The van der Waals surface area contributed by atoms with Crippen molar-refractivity contribution in [3.8, 4) is 0 Å². The number of para-hydroxylation sites is 2. The van der Waals surface area contributed by atoms with Gasteiger partial charge in [0, 0.05) is 39.0 Å². The Balaban J connectivity index is 1.25. The summed E-state index contributed by atoms with van der Waals surface area (Å²) in [5.41, 5.74) is 23.4. The van der Waals surface area contributed by atoms with Gasteiger partial charge in [-0.05, 0) is 124 Å². The van der Waals surface area contributed by atoms with Gasteiger partial charge >= 0.3 is 0 Å². The van der Waals surface area contributed by atoms with E-state index in [4.69, 9.17) is 0 Å². The summed E-state index contributed by atoms with van der Waals surface area (Å²) < 4.78 is 0. The molecule has 4 heteroatoms. The Morgan fingerprint density at radius 2 is 0.885 bits per heavy atom. The van der Waals surface area contributed by atoms with Gasteiger partial charge in [0.15, 0.2) is 0 Å². The van der Waals surface area contributed by atoms with Gasteiger partial charge in [0.1, 0.15) is 0 Å². The fraction of sp³-hybridized carbons (Fsp3) is 0.474. The highest BCUT2D eigenvalue weighted by Crippen LogP contribution is 2.66. The topological polar surface area (TPSA) is 9.72 Å². The fourth-order valence-corrected chi connectivity index (χ4v) is 14.6. The van der Waals surface area contributed by atoms with E-state index in [9.17, 15) is 0 Å². The highest BCUT2D eigenvalue weighted by atomic mass is 15.3. The van der Waals surface area contributed by atoms with Crippen LogP contribution in [0.3, 0.4) is 0 Å². The van der Waals surface area contributed by atoms with Gasteiger partial charge in [0.2, 0.25) is 0 Å². The molecule has 61 heavy (non-hydrogen) atoms. The maximum absolute atomic E-state index is 2.96. The summed E-state index contributed by atoms with van der Waals surface area (Å²) in [6.07, 6.45) is 9.98. The second-order valence-electron chi connectivity index (χ2n) is 24.0. The van der Waals surface area contributed by atoms with Crippen LogP contribution < -0.4 is 31.1 Å². The first-order valence-corrected chi connectivity index (χ1v) is 23.9. The second kappa shape index (κ2) is 11.6. The fourth-order valence-electron chi connectivity index (χ4n) is 14.6. The van der Waals surface area contributed by atoms with Crippen molar-refractivity contribution < 1.29 is 0 Å². The van der Waals surface area contributed by atoms with Gasteiger partial charge in [-0.3, -0.25) is 0 Å². The van der Waals surface area contributed by atoms with E-state index in [2.05, 4.69) is 183 Å². The molecule has 0 bridgehead atoms. The number of rotatable bonds is 1. The van der Waals surface area contributed by atoms with Gasteiger partial charge in [0.25, 0.3) is 6.71 Å². The van der Waals surface area contributed by atoms with Crippen LogP contribution in [-0.2, 0) is 27.1 Å². The van der Waals surface area contributed by atoms with Gasteiger partial charge in [-0.25, -0.2) is 0 Å². The molecule has 5 aromatic carbocycles. The lowest BCUT2D eigenvalue weighted by Gasteiger charge is -2.55. The molecule has 4 atom stereocenters. The molecule has 0 aromatic heterocycles. The number of benzene rings is 5. The zero-order chi connectivity index (χ0) is 42.6. The number of hydrogen-bond acceptors (Lipinski definition) is 3. The zero-order valence-electron chi connectivity index (χ0n) is 39.2. The number of nitrogens with zero attached hydrogens (tertiary/aromatic N) is 3. The molecule has 2 saturated carbocycles. The molecule has 0 saturated heterocycles. The van der Waals surface area contributed by atoms with E-state index in [-0.39, 0.29) is 44.9 Å². The molecule has 2 aliphatic carbocycles. The maximum atomic E-state index is 2.96. The highest BCUT2D eigenvalue weighted by Gasteiger charge is 2.65. The number of fused-ring (bicyclic) bond motifs is 12. The summed E-state index contributed by atoms with van der Waals surface area (Å²) >= 11 is 0. The van der Waals surface area contributed by atoms with Gasteiger partial charge in [0.05, 0.1) is 28.1 Å². The largest absolute Gasteiger partial charge is 0.335 e.